The number of piperidine rings is 1. The number of likely N-dealkylation sites (tertiary alicyclic amines) is 1. The molecule has 1 unspecified atom stereocenters. The number of aromatic nitrogens is 1. The van der Waals surface area contributed by atoms with Gasteiger partial charge in [0.15, 0.2) is 0 Å². The van der Waals surface area contributed by atoms with Crippen LogP contribution >= 0.6 is 24.8 Å². The smallest absolute Gasteiger partial charge is 0.124 e. The molecule has 6 heteroatoms. The molecule has 0 radical (unpaired) electrons. The summed E-state index contributed by atoms with van der Waals surface area (Å²) >= 11 is 0. The quantitative estimate of drug-likeness (QED) is 0.925. The topological polar surface area (TPSA) is 42.1 Å². The fraction of sp³-hybridized carbons (Fsp3) is 0.438. The lowest BCUT2D eigenvalue weighted by Crippen LogP contribution is -2.43. The van der Waals surface area contributed by atoms with Crippen LogP contribution in [-0.4, -0.2) is 29.0 Å². The molecule has 1 aromatic carbocycles. The van der Waals surface area contributed by atoms with Crippen molar-refractivity contribution in [2.75, 3.05) is 13.1 Å². The first-order valence-corrected chi connectivity index (χ1v) is 7.25. The van der Waals surface area contributed by atoms with Crippen LogP contribution < -0.4 is 5.73 Å². The standard InChI is InChI=1S/C16H20FN3.2ClH/c17-14-8-12-4-3-6-19-16(12)13(9-14)11-20-7-2-1-5-15(20)10-18;;/h3-4,6,8-9,15H,1-2,5,7,10-11,18H2;2*1H. The highest BCUT2D eigenvalue weighted by atomic mass is 35.5. The fourth-order valence-corrected chi connectivity index (χ4v) is 3.10. The van der Waals surface area contributed by atoms with Crippen LogP contribution in [0.4, 0.5) is 4.39 Å². The highest BCUT2D eigenvalue weighted by Crippen LogP contribution is 2.23. The summed E-state index contributed by atoms with van der Waals surface area (Å²) in [6, 6.07) is 7.31. The largest absolute Gasteiger partial charge is 0.329 e. The van der Waals surface area contributed by atoms with Gasteiger partial charge in [-0.1, -0.05) is 12.5 Å². The van der Waals surface area contributed by atoms with Crippen LogP contribution in [0, 0.1) is 5.82 Å². The first-order chi connectivity index (χ1) is 9.78. The van der Waals surface area contributed by atoms with Gasteiger partial charge in [-0.25, -0.2) is 4.39 Å². The van der Waals surface area contributed by atoms with E-state index in [2.05, 4.69) is 9.88 Å². The molecular weight excluding hydrogens is 324 g/mol. The molecule has 1 fully saturated rings. The minimum Gasteiger partial charge on any atom is -0.329 e. The zero-order valence-electron chi connectivity index (χ0n) is 12.4. The van der Waals surface area contributed by atoms with Gasteiger partial charge in [-0.05, 0) is 43.1 Å². The number of pyridine rings is 1. The summed E-state index contributed by atoms with van der Waals surface area (Å²) < 4.78 is 13.8. The molecule has 1 atom stereocenters. The van der Waals surface area contributed by atoms with Crippen LogP contribution in [0.2, 0.25) is 0 Å². The third-order valence-corrected chi connectivity index (χ3v) is 4.14. The predicted molar refractivity (Wildman–Crippen MR) is 93.3 cm³/mol. The maximum absolute atomic E-state index is 13.8. The van der Waals surface area contributed by atoms with Crippen LogP contribution in [0.25, 0.3) is 10.9 Å². The van der Waals surface area contributed by atoms with Gasteiger partial charge in [0.25, 0.3) is 0 Å². The Balaban J connectivity index is 0.00000121. The van der Waals surface area contributed by atoms with E-state index in [1.807, 2.05) is 12.1 Å². The fourth-order valence-electron chi connectivity index (χ4n) is 3.10. The number of hydrogen-bond donors (Lipinski definition) is 1. The Hall–Kier alpha value is -0.940. The van der Waals surface area contributed by atoms with Gasteiger partial charge in [-0.15, -0.1) is 24.8 Å². The molecule has 0 saturated carbocycles. The van der Waals surface area contributed by atoms with E-state index in [9.17, 15) is 4.39 Å². The summed E-state index contributed by atoms with van der Waals surface area (Å²) in [4.78, 5) is 6.78. The van der Waals surface area contributed by atoms with Crippen molar-refractivity contribution in [3.8, 4) is 0 Å². The summed E-state index contributed by atoms with van der Waals surface area (Å²) in [5.74, 6) is -0.193. The van der Waals surface area contributed by atoms with Crippen molar-refractivity contribution in [3.05, 3.63) is 41.8 Å². The minimum atomic E-state index is -0.193. The van der Waals surface area contributed by atoms with Gasteiger partial charge in [0, 0.05) is 30.7 Å². The number of rotatable bonds is 3. The Bertz CT molecular complexity index is 609. The van der Waals surface area contributed by atoms with Gasteiger partial charge in [0.1, 0.15) is 5.82 Å². The molecule has 1 saturated heterocycles. The molecule has 1 aliphatic rings. The molecule has 2 aromatic rings. The third kappa shape index (κ3) is 4.07. The third-order valence-electron chi connectivity index (χ3n) is 4.14. The normalized spacial score (nSPS) is 18.5. The Labute approximate surface area is 142 Å². The average Bonchev–Trinajstić information content (AvgIpc) is 2.47. The molecular formula is C16H22Cl2FN3. The summed E-state index contributed by atoms with van der Waals surface area (Å²) in [5.41, 5.74) is 7.72. The van der Waals surface area contributed by atoms with E-state index in [1.165, 1.54) is 12.8 Å². The van der Waals surface area contributed by atoms with Crippen LogP contribution in [-0.2, 0) is 6.54 Å². The van der Waals surface area contributed by atoms with E-state index < -0.39 is 0 Å². The van der Waals surface area contributed by atoms with E-state index >= 15 is 0 Å². The van der Waals surface area contributed by atoms with E-state index in [0.29, 0.717) is 12.6 Å². The van der Waals surface area contributed by atoms with Gasteiger partial charge < -0.3 is 5.73 Å². The van der Waals surface area contributed by atoms with Crippen molar-refractivity contribution >= 4 is 35.7 Å². The number of nitrogens with two attached hydrogens (primary N) is 1. The van der Waals surface area contributed by atoms with E-state index in [4.69, 9.17) is 5.73 Å². The summed E-state index contributed by atoms with van der Waals surface area (Å²) in [7, 11) is 0. The molecule has 2 N–H and O–H groups in total. The lowest BCUT2D eigenvalue weighted by molar-refractivity contribution is 0.145. The average molecular weight is 346 g/mol. The molecule has 0 aliphatic carbocycles. The van der Waals surface area contributed by atoms with E-state index in [0.717, 1.165) is 36.0 Å². The molecule has 1 aromatic heterocycles. The first kappa shape index (κ1) is 19.1. The van der Waals surface area contributed by atoms with Crippen LogP contribution in [0.3, 0.4) is 0 Å². The second kappa shape index (κ2) is 8.63. The SMILES string of the molecule is Cl.Cl.NCC1CCCCN1Cc1cc(F)cc2cccnc12. The lowest BCUT2D eigenvalue weighted by Gasteiger charge is -2.35. The molecule has 2 heterocycles. The molecule has 22 heavy (non-hydrogen) atoms. The summed E-state index contributed by atoms with van der Waals surface area (Å²) in [6.07, 6.45) is 5.33. The van der Waals surface area contributed by atoms with Gasteiger partial charge in [0.2, 0.25) is 0 Å². The summed E-state index contributed by atoms with van der Waals surface area (Å²) in [5, 5.41) is 0.865. The number of hydrogen-bond acceptors (Lipinski definition) is 3. The number of nitrogens with zero attached hydrogens (tertiary/aromatic N) is 2. The second-order valence-electron chi connectivity index (χ2n) is 5.50. The molecule has 0 bridgehead atoms. The van der Waals surface area contributed by atoms with E-state index in [-0.39, 0.29) is 30.6 Å². The number of benzene rings is 1. The number of fused-ring (bicyclic) bond motifs is 1. The molecule has 3 nitrogen and oxygen atoms in total. The maximum atomic E-state index is 13.8. The Morgan fingerprint density at radius 2 is 2.09 bits per heavy atom. The molecule has 3 rings (SSSR count). The molecule has 122 valence electrons. The predicted octanol–water partition coefficient (Wildman–Crippen LogP) is 3.53. The van der Waals surface area contributed by atoms with Crippen molar-refractivity contribution in [2.45, 2.75) is 31.8 Å². The van der Waals surface area contributed by atoms with Gasteiger partial charge in [-0.3, -0.25) is 9.88 Å². The van der Waals surface area contributed by atoms with Crippen LogP contribution in [0.5, 0.6) is 0 Å². The number of halogens is 3. The zero-order valence-corrected chi connectivity index (χ0v) is 14.0. The molecule has 0 spiro atoms. The zero-order chi connectivity index (χ0) is 13.9. The van der Waals surface area contributed by atoms with Crippen molar-refractivity contribution in [3.63, 3.8) is 0 Å². The van der Waals surface area contributed by atoms with Crippen molar-refractivity contribution < 1.29 is 4.39 Å². The monoisotopic (exact) mass is 345 g/mol. The highest BCUT2D eigenvalue weighted by Gasteiger charge is 2.22. The van der Waals surface area contributed by atoms with Crippen molar-refractivity contribution in [1.82, 2.24) is 9.88 Å². The summed E-state index contributed by atoms with van der Waals surface area (Å²) in [6.45, 7) is 2.43. The lowest BCUT2D eigenvalue weighted by atomic mass is 10.0. The van der Waals surface area contributed by atoms with Crippen LogP contribution in [0.15, 0.2) is 30.5 Å². The van der Waals surface area contributed by atoms with Gasteiger partial charge in [-0.2, -0.15) is 0 Å². The highest BCUT2D eigenvalue weighted by molar-refractivity contribution is 5.85. The van der Waals surface area contributed by atoms with Gasteiger partial charge in [0.05, 0.1) is 5.52 Å². The van der Waals surface area contributed by atoms with Crippen LogP contribution in [0.1, 0.15) is 24.8 Å². The van der Waals surface area contributed by atoms with Crippen molar-refractivity contribution in [2.24, 2.45) is 5.73 Å². The Morgan fingerprint density at radius 1 is 1.27 bits per heavy atom. The first-order valence-electron chi connectivity index (χ1n) is 7.25. The van der Waals surface area contributed by atoms with Gasteiger partial charge >= 0.3 is 0 Å². The minimum absolute atomic E-state index is 0. The molecule has 0 amide bonds. The Kier molecular flexibility index (Phi) is 7.49. The second-order valence-corrected chi connectivity index (χ2v) is 5.50. The maximum Gasteiger partial charge on any atom is 0.124 e. The van der Waals surface area contributed by atoms with Crippen molar-refractivity contribution in [1.29, 1.82) is 0 Å². The molecule has 1 aliphatic heterocycles. The Morgan fingerprint density at radius 3 is 2.86 bits per heavy atom. The van der Waals surface area contributed by atoms with E-state index in [1.54, 1.807) is 18.3 Å².